The molecule has 1 amide bonds. The Balaban J connectivity index is 1.51. The van der Waals surface area contributed by atoms with E-state index in [1.54, 1.807) is 38.1 Å². The first kappa shape index (κ1) is 20.3. The zero-order chi connectivity index (χ0) is 21.3. The minimum absolute atomic E-state index is 0.00622. The van der Waals surface area contributed by atoms with Crippen LogP contribution in [0.15, 0.2) is 41.3 Å². The van der Waals surface area contributed by atoms with Gasteiger partial charge in [-0.15, -0.1) is 0 Å². The van der Waals surface area contributed by atoms with Gasteiger partial charge in [-0.1, -0.05) is 13.8 Å². The average Bonchev–Trinajstić information content (AvgIpc) is 3.19. The smallest absolute Gasteiger partial charge is 0.242 e. The van der Waals surface area contributed by atoms with E-state index >= 15 is 0 Å². The number of anilines is 1. The van der Waals surface area contributed by atoms with Gasteiger partial charge in [-0.3, -0.25) is 4.79 Å². The zero-order valence-corrected chi connectivity index (χ0v) is 17.3. The summed E-state index contributed by atoms with van der Waals surface area (Å²) in [6.07, 6.45) is 0. The van der Waals surface area contributed by atoms with Crippen LogP contribution in [0, 0.1) is 5.92 Å². The number of nitrogens with one attached hydrogen (secondary N) is 2. The van der Waals surface area contributed by atoms with Gasteiger partial charge in [-0.2, -0.15) is 4.72 Å². The molecule has 0 bridgehead atoms. The molecule has 2 aromatic carbocycles. The van der Waals surface area contributed by atoms with E-state index in [0.29, 0.717) is 41.9 Å². The first-order valence-electron chi connectivity index (χ1n) is 9.46. The summed E-state index contributed by atoms with van der Waals surface area (Å²) in [4.78, 5) is 12.8. The van der Waals surface area contributed by atoms with E-state index in [0.717, 1.165) is 0 Å². The molecule has 0 unspecified atom stereocenters. The third-order valence-corrected chi connectivity index (χ3v) is 6.13. The highest BCUT2D eigenvalue weighted by molar-refractivity contribution is 7.89. The third kappa shape index (κ3) is 4.14. The molecule has 2 aliphatic rings. The van der Waals surface area contributed by atoms with E-state index in [4.69, 9.17) is 18.9 Å². The SMILES string of the molecule is CC(C)[C@H](NS(=O)(=O)c1ccc2c(c1)OCCO2)C(=O)Nc1ccc2c(c1)OCO2. The number of carbonyl (C=O) groups is 1. The molecule has 4 rings (SSSR count). The van der Waals surface area contributed by atoms with Crippen LogP contribution >= 0.6 is 0 Å². The maximum Gasteiger partial charge on any atom is 0.242 e. The summed E-state index contributed by atoms with van der Waals surface area (Å²) in [5.74, 6) is 1.17. The van der Waals surface area contributed by atoms with Crippen molar-refractivity contribution in [3.63, 3.8) is 0 Å². The second-order valence-electron chi connectivity index (χ2n) is 7.21. The summed E-state index contributed by atoms with van der Waals surface area (Å²) in [5.41, 5.74) is 0.480. The molecule has 0 radical (unpaired) electrons. The number of rotatable bonds is 6. The summed E-state index contributed by atoms with van der Waals surface area (Å²) in [6.45, 7) is 4.40. The Morgan fingerprint density at radius 2 is 1.53 bits per heavy atom. The van der Waals surface area contributed by atoms with E-state index in [-0.39, 0.29) is 17.6 Å². The summed E-state index contributed by atoms with van der Waals surface area (Å²) in [5, 5.41) is 2.73. The first-order chi connectivity index (χ1) is 14.3. The van der Waals surface area contributed by atoms with E-state index in [2.05, 4.69) is 10.0 Å². The number of hydrogen-bond donors (Lipinski definition) is 2. The minimum Gasteiger partial charge on any atom is -0.486 e. The third-order valence-electron chi connectivity index (χ3n) is 4.70. The topological polar surface area (TPSA) is 112 Å². The number of carbonyl (C=O) groups excluding carboxylic acids is 1. The minimum atomic E-state index is -3.98. The molecule has 0 aliphatic carbocycles. The number of benzene rings is 2. The van der Waals surface area contributed by atoms with Gasteiger partial charge in [0.25, 0.3) is 0 Å². The van der Waals surface area contributed by atoms with Gasteiger partial charge in [-0.25, -0.2) is 8.42 Å². The zero-order valence-electron chi connectivity index (χ0n) is 16.5. The normalized spacial score (nSPS) is 15.7. The Hall–Kier alpha value is -2.98. The lowest BCUT2D eigenvalue weighted by molar-refractivity contribution is -0.118. The lowest BCUT2D eigenvalue weighted by Gasteiger charge is -2.23. The van der Waals surface area contributed by atoms with Crippen LogP contribution in [0.2, 0.25) is 0 Å². The van der Waals surface area contributed by atoms with Crippen LogP contribution in [-0.4, -0.2) is 40.4 Å². The van der Waals surface area contributed by atoms with Crippen LogP contribution in [0.25, 0.3) is 0 Å². The molecular formula is C20H22N2O7S. The number of amides is 1. The van der Waals surface area contributed by atoms with Crippen molar-refractivity contribution in [3.8, 4) is 23.0 Å². The Morgan fingerprint density at radius 3 is 2.30 bits per heavy atom. The molecule has 9 nitrogen and oxygen atoms in total. The van der Waals surface area contributed by atoms with E-state index in [1.807, 2.05) is 0 Å². The molecule has 0 aromatic heterocycles. The number of hydrogen-bond acceptors (Lipinski definition) is 7. The van der Waals surface area contributed by atoms with Gasteiger partial charge >= 0.3 is 0 Å². The van der Waals surface area contributed by atoms with Crippen LogP contribution in [0.4, 0.5) is 5.69 Å². The Kier molecular flexibility index (Phi) is 5.44. The van der Waals surface area contributed by atoms with Crippen molar-refractivity contribution in [1.82, 2.24) is 4.72 Å². The molecule has 10 heteroatoms. The molecule has 2 aromatic rings. The Bertz CT molecular complexity index is 1070. The highest BCUT2D eigenvalue weighted by Gasteiger charge is 2.29. The fourth-order valence-corrected chi connectivity index (χ4v) is 4.47. The second kappa shape index (κ2) is 8.04. The van der Waals surface area contributed by atoms with Gasteiger partial charge in [0.2, 0.25) is 22.7 Å². The van der Waals surface area contributed by atoms with Crippen LogP contribution in [-0.2, 0) is 14.8 Å². The molecule has 2 aliphatic heterocycles. The van der Waals surface area contributed by atoms with E-state index in [9.17, 15) is 13.2 Å². The van der Waals surface area contributed by atoms with Crippen LogP contribution < -0.4 is 29.0 Å². The highest BCUT2D eigenvalue weighted by Crippen LogP contribution is 2.34. The van der Waals surface area contributed by atoms with Gasteiger partial charge < -0.3 is 24.3 Å². The molecule has 160 valence electrons. The molecular weight excluding hydrogens is 412 g/mol. The first-order valence-corrected chi connectivity index (χ1v) is 10.9. The Morgan fingerprint density at radius 1 is 0.900 bits per heavy atom. The maximum absolute atomic E-state index is 12.9. The summed E-state index contributed by atoms with van der Waals surface area (Å²) in [6, 6.07) is 8.34. The van der Waals surface area contributed by atoms with E-state index in [1.165, 1.54) is 12.1 Å². The van der Waals surface area contributed by atoms with Gasteiger partial charge in [0.1, 0.15) is 19.3 Å². The van der Waals surface area contributed by atoms with Crippen molar-refractivity contribution in [2.45, 2.75) is 24.8 Å². The van der Waals surface area contributed by atoms with Gasteiger partial charge in [0, 0.05) is 17.8 Å². The largest absolute Gasteiger partial charge is 0.486 e. The summed E-state index contributed by atoms with van der Waals surface area (Å²) in [7, 11) is -3.98. The lowest BCUT2D eigenvalue weighted by Crippen LogP contribution is -2.47. The van der Waals surface area contributed by atoms with Crippen LogP contribution in [0.5, 0.6) is 23.0 Å². The van der Waals surface area contributed by atoms with Gasteiger partial charge in [0.15, 0.2) is 23.0 Å². The maximum atomic E-state index is 12.9. The van der Waals surface area contributed by atoms with Gasteiger partial charge in [0.05, 0.1) is 4.90 Å². The monoisotopic (exact) mass is 434 g/mol. The van der Waals surface area contributed by atoms with E-state index < -0.39 is 22.0 Å². The van der Waals surface area contributed by atoms with Crippen molar-refractivity contribution in [2.75, 3.05) is 25.3 Å². The second-order valence-corrected chi connectivity index (χ2v) is 8.92. The quantitative estimate of drug-likeness (QED) is 0.716. The van der Waals surface area contributed by atoms with Crippen molar-refractivity contribution < 1.29 is 32.2 Å². The number of ether oxygens (including phenoxy) is 4. The Labute approximate surface area is 174 Å². The molecule has 1 atom stereocenters. The molecule has 2 N–H and O–H groups in total. The standard InChI is InChI=1S/C20H22N2O7S/c1-12(2)19(20(23)21-13-3-5-16-17(9-13)29-11-28-16)22-30(24,25)14-4-6-15-18(10-14)27-8-7-26-15/h3-6,9-10,12,19,22H,7-8,11H2,1-2H3,(H,21,23)/t19-/m0/s1. The molecule has 0 saturated carbocycles. The van der Waals surface area contributed by atoms with Crippen molar-refractivity contribution in [2.24, 2.45) is 5.92 Å². The fraction of sp³-hybridized carbons (Fsp3) is 0.350. The fourth-order valence-electron chi connectivity index (χ4n) is 3.11. The van der Waals surface area contributed by atoms with Crippen molar-refractivity contribution in [1.29, 1.82) is 0 Å². The molecule has 2 heterocycles. The molecule has 0 fully saturated rings. The van der Waals surface area contributed by atoms with Gasteiger partial charge in [-0.05, 0) is 30.2 Å². The number of fused-ring (bicyclic) bond motifs is 2. The summed E-state index contributed by atoms with van der Waals surface area (Å²) >= 11 is 0. The molecule has 0 spiro atoms. The van der Waals surface area contributed by atoms with Crippen LogP contribution in [0.1, 0.15) is 13.8 Å². The molecule has 0 saturated heterocycles. The molecule has 30 heavy (non-hydrogen) atoms. The van der Waals surface area contributed by atoms with Crippen LogP contribution in [0.3, 0.4) is 0 Å². The van der Waals surface area contributed by atoms with Crippen molar-refractivity contribution in [3.05, 3.63) is 36.4 Å². The highest BCUT2D eigenvalue weighted by atomic mass is 32.2. The van der Waals surface area contributed by atoms with Crippen molar-refractivity contribution >= 4 is 21.6 Å². The predicted octanol–water partition coefficient (Wildman–Crippen LogP) is 2.13. The number of sulfonamides is 1. The lowest BCUT2D eigenvalue weighted by atomic mass is 10.0. The summed E-state index contributed by atoms with van der Waals surface area (Å²) < 4.78 is 49.8. The average molecular weight is 434 g/mol. The predicted molar refractivity (Wildman–Crippen MR) is 108 cm³/mol.